The van der Waals surface area contributed by atoms with Crippen LogP contribution < -0.4 is 5.73 Å². The first-order chi connectivity index (χ1) is 8.46. The smallest absolute Gasteiger partial charge is 0.350 e. The maximum atomic E-state index is 10.5. The Hall–Kier alpha value is -1.54. The largest absolute Gasteiger partial charge is 0.382 e. The monoisotopic (exact) mass is 273 g/mol. The summed E-state index contributed by atoms with van der Waals surface area (Å²) >= 11 is 0. The number of nitrogens with two attached hydrogens (primary N) is 1. The van der Waals surface area contributed by atoms with Gasteiger partial charge in [0.25, 0.3) is 0 Å². The molecule has 0 saturated heterocycles. The summed E-state index contributed by atoms with van der Waals surface area (Å²) in [6, 6.07) is 0. The van der Waals surface area contributed by atoms with E-state index in [2.05, 4.69) is 19.9 Å². The van der Waals surface area contributed by atoms with E-state index in [0.717, 1.165) is 0 Å². The lowest BCUT2D eigenvalue weighted by atomic mass is 10.4. The van der Waals surface area contributed by atoms with Crippen molar-refractivity contribution in [3.63, 3.8) is 0 Å². The van der Waals surface area contributed by atoms with Crippen LogP contribution >= 0.6 is 7.60 Å². The fraction of sp³-hybridized carbons (Fsp3) is 0.375. The number of fused-ring (bicyclic) bond motifs is 1. The molecule has 2 rings (SSSR count). The zero-order valence-electron chi connectivity index (χ0n) is 9.28. The summed E-state index contributed by atoms with van der Waals surface area (Å²) in [5, 5.41) is 0. The third-order valence-electron chi connectivity index (χ3n) is 2.09. The molecule has 0 amide bonds. The van der Waals surface area contributed by atoms with Crippen molar-refractivity contribution in [2.75, 3.05) is 18.7 Å². The van der Waals surface area contributed by atoms with Gasteiger partial charge < -0.3 is 25.2 Å². The van der Waals surface area contributed by atoms with E-state index in [0.29, 0.717) is 23.4 Å². The van der Waals surface area contributed by atoms with E-state index in [4.69, 9.17) is 20.3 Å². The summed E-state index contributed by atoms with van der Waals surface area (Å²) in [5.74, 6) is 0.695. The predicted molar refractivity (Wildman–Crippen MR) is 62.7 cm³/mol. The van der Waals surface area contributed by atoms with Gasteiger partial charge in [-0.1, -0.05) is 0 Å². The van der Waals surface area contributed by atoms with E-state index in [1.54, 1.807) is 0 Å². The van der Waals surface area contributed by atoms with Crippen LogP contribution in [0, 0.1) is 0 Å². The quantitative estimate of drug-likeness (QED) is 0.426. The van der Waals surface area contributed by atoms with Gasteiger partial charge in [0.05, 0.1) is 12.9 Å². The standard InChI is InChI=1S/C8H12N5O4P/c9-7-6-8(11-3-10-6)13-5(12-7)1-2-17-4-18(14,15)16/h3H,1-2,4H2,(H2,14,15,16)(H3,9,10,11,12,13). The van der Waals surface area contributed by atoms with E-state index < -0.39 is 13.9 Å². The van der Waals surface area contributed by atoms with Crippen LogP contribution in [0.2, 0.25) is 0 Å². The fourth-order valence-corrected chi connectivity index (χ4v) is 1.73. The van der Waals surface area contributed by atoms with E-state index in [1.165, 1.54) is 6.33 Å². The van der Waals surface area contributed by atoms with Crippen molar-refractivity contribution in [2.24, 2.45) is 0 Å². The van der Waals surface area contributed by atoms with E-state index >= 15 is 0 Å². The van der Waals surface area contributed by atoms with Gasteiger partial charge in [0.1, 0.15) is 17.7 Å². The molecule has 5 N–H and O–H groups in total. The van der Waals surface area contributed by atoms with Gasteiger partial charge in [0.2, 0.25) is 0 Å². The molecule has 0 aromatic carbocycles. The van der Waals surface area contributed by atoms with E-state index in [1.807, 2.05) is 0 Å². The van der Waals surface area contributed by atoms with Gasteiger partial charge in [0.15, 0.2) is 11.5 Å². The number of imidazole rings is 1. The number of rotatable bonds is 5. The van der Waals surface area contributed by atoms with Crippen LogP contribution in [0.5, 0.6) is 0 Å². The van der Waals surface area contributed by atoms with Gasteiger partial charge in [0, 0.05) is 6.42 Å². The molecule has 0 radical (unpaired) electrons. The number of hydrogen-bond acceptors (Lipinski definition) is 6. The Morgan fingerprint density at radius 3 is 2.94 bits per heavy atom. The second-order valence-corrected chi connectivity index (χ2v) is 5.17. The minimum Gasteiger partial charge on any atom is -0.382 e. The highest BCUT2D eigenvalue weighted by Crippen LogP contribution is 2.33. The van der Waals surface area contributed by atoms with E-state index in [-0.39, 0.29) is 12.4 Å². The molecule has 18 heavy (non-hydrogen) atoms. The molecule has 0 aliphatic carbocycles. The Labute approximate surface area is 102 Å². The summed E-state index contributed by atoms with van der Waals surface area (Å²) in [4.78, 5) is 32.1. The Bertz CT molecular complexity index is 594. The number of nitrogen functional groups attached to an aromatic ring is 1. The molecule has 0 fully saturated rings. The highest BCUT2D eigenvalue weighted by atomic mass is 31.2. The molecule has 10 heteroatoms. The Kier molecular flexibility index (Phi) is 3.58. The normalized spacial score (nSPS) is 12.1. The molecule has 2 aromatic heterocycles. The molecule has 2 heterocycles. The van der Waals surface area contributed by atoms with Crippen molar-refractivity contribution in [1.82, 2.24) is 19.9 Å². The Morgan fingerprint density at radius 2 is 2.22 bits per heavy atom. The van der Waals surface area contributed by atoms with Crippen molar-refractivity contribution < 1.29 is 19.1 Å². The first-order valence-electron chi connectivity index (χ1n) is 5.03. The SMILES string of the molecule is Nc1nc(CCOCP(=O)(O)O)nc2nc[nH]c12. The van der Waals surface area contributed by atoms with Gasteiger partial charge in [-0.05, 0) is 0 Å². The number of aromatic nitrogens is 4. The van der Waals surface area contributed by atoms with Crippen LogP contribution in [0.25, 0.3) is 11.2 Å². The van der Waals surface area contributed by atoms with Gasteiger partial charge in [-0.3, -0.25) is 4.57 Å². The van der Waals surface area contributed by atoms with Crippen molar-refractivity contribution in [1.29, 1.82) is 0 Å². The number of hydrogen-bond donors (Lipinski definition) is 4. The van der Waals surface area contributed by atoms with Gasteiger partial charge in [-0.15, -0.1) is 0 Å². The van der Waals surface area contributed by atoms with E-state index in [9.17, 15) is 4.57 Å². The zero-order valence-corrected chi connectivity index (χ0v) is 10.2. The highest BCUT2D eigenvalue weighted by molar-refractivity contribution is 7.51. The minimum absolute atomic E-state index is 0.0977. The van der Waals surface area contributed by atoms with Crippen LogP contribution in [-0.2, 0) is 15.7 Å². The molecule has 98 valence electrons. The maximum Gasteiger partial charge on any atom is 0.350 e. The van der Waals surface area contributed by atoms with Crippen molar-refractivity contribution in [2.45, 2.75) is 6.42 Å². The topological polar surface area (TPSA) is 147 Å². The number of aromatic amines is 1. The summed E-state index contributed by atoms with van der Waals surface area (Å²) in [5.41, 5.74) is 6.70. The van der Waals surface area contributed by atoms with Gasteiger partial charge in [-0.25, -0.2) is 15.0 Å². The Morgan fingerprint density at radius 1 is 1.44 bits per heavy atom. The molecule has 0 unspecified atom stereocenters. The number of nitrogens with one attached hydrogen (secondary N) is 1. The molecular weight excluding hydrogens is 261 g/mol. The van der Waals surface area contributed by atoms with Crippen LogP contribution in [0.1, 0.15) is 5.82 Å². The second-order valence-electron chi connectivity index (χ2n) is 3.58. The summed E-state index contributed by atoms with van der Waals surface area (Å²) in [7, 11) is -4.13. The number of H-pyrrole nitrogens is 1. The highest BCUT2D eigenvalue weighted by Gasteiger charge is 2.13. The second kappa shape index (κ2) is 4.99. The zero-order chi connectivity index (χ0) is 13.2. The van der Waals surface area contributed by atoms with Crippen molar-refractivity contribution >= 4 is 24.6 Å². The average molecular weight is 273 g/mol. The lowest BCUT2D eigenvalue weighted by Crippen LogP contribution is -2.06. The molecule has 0 atom stereocenters. The van der Waals surface area contributed by atoms with Crippen LogP contribution in [0.15, 0.2) is 6.33 Å². The lowest BCUT2D eigenvalue weighted by molar-refractivity contribution is 0.159. The molecule has 2 aromatic rings. The molecule has 0 spiro atoms. The lowest BCUT2D eigenvalue weighted by Gasteiger charge is -2.05. The Balaban J connectivity index is 1.97. The third-order valence-corrected chi connectivity index (χ3v) is 2.61. The van der Waals surface area contributed by atoms with Gasteiger partial charge in [-0.2, -0.15) is 0 Å². The first kappa shape index (κ1) is 12.9. The molecule has 0 saturated carbocycles. The predicted octanol–water partition coefficient (Wildman–Crippen LogP) is -0.371. The molecule has 9 nitrogen and oxygen atoms in total. The molecule has 0 aliphatic rings. The van der Waals surface area contributed by atoms with Crippen LogP contribution in [0.3, 0.4) is 0 Å². The number of nitrogens with zero attached hydrogens (tertiary/aromatic N) is 3. The average Bonchev–Trinajstić information content (AvgIpc) is 2.71. The third kappa shape index (κ3) is 3.23. The first-order valence-corrected chi connectivity index (χ1v) is 6.83. The van der Waals surface area contributed by atoms with Crippen LogP contribution in [-0.4, -0.2) is 42.7 Å². The molecular formula is C8H12N5O4P. The fourth-order valence-electron chi connectivity index (χ4n) is 1.36. The summed E-state index contributed by atoms with van der Waals surface area (Å²) < 4.78 is 15.4. The molecule has 0 bridgehead atoms. The van der Waals surface area contributed by atoms with Crippen molar-refractivity contribution in [3.8, 4) is 0 Å². The summed E-state index contributed by atoms with van der Waals surface area (Å²) in [6.45, 7) is 0.0977. The van der Waals surface area contributed by atoms with Gasteiger partial charge >= 0.3 is 7.60 Å². The summed E-state index contributed by atoms with van der Waals surface area (Å²) in [6.07, 6.45) is 1.14. The number of anilines is 1. The number of ether oxygens (including phenoxy) is 1. The van der Waals surface area contributed by atoms with Crippen LogP contribution in [0.4, 0.5) is 5.82 Å². The maximum absolute atomic E-state index is 10.5. The minimum atomic E-state index is -4.13. The van der Waals surface area contributed by atoms with Crippen molar-refractivity contribution in [3.05, 3.63) is 12.2 Å². The molecule has 0 aliphatic heterocycles.